The van der Waals surface area contributed by atoms with Gasteiger partial charge in [0, 0.05) is 39.8 Å². The van der Waals surface area contributed by atoms with E-state index in [-0.39, 0.29) is 21.3 Å². The fourth-order valence-corrected chi connectivity index (χ4v) is 2.98. The molecule has 8 heteroatoms. The zero-order valence-corrected chi connectivity index (χ0v) is 19.5. The van der Waals surface area contributed by atoms with Crippen LogP contribution in [-0.2, 0) is 6.54 Å². The topological polar surface area (TPSA) is 71.2 Å². The second kappa shape index (κ2) is 9.12. The van der Waals surface area contributed by atoms with E-state index in [2.05, 4.69) is 59.9 Å². The van der Waals surface area contributed by atoms with Crippen LogP contribution in [0.15, 0.2) is 29.0 Å². The van der Waals surface area contributed by atoms with Gasteiger partial charge in [0.1, 0.15) is 11.4 Å². The number of hydrogen-bond donors (Lipinski definition) is 1. The Morgan fingerprint density at radius 3 is 2.33 bits per heavy atom. The fraction of sp³-hybridized carbons (Fsp3) is 0.526. The van der Waals surface area contributed by atoms with Gasteiger partial charge in [0.15, 0.2) is 0 Å². The van der Waals surface area contributed by atoms with Crippen molar-refractivity contribution in [1.29, 1.82) is 0 Å². The van der Waals surface area contributed by atoms with E-state index in [0.717, 1.165) is 11.3 Å². The lowest BCUT2D eigenvalue weighted by molar-refractivity contribution is 0.0660. The van der Waals surface area contributed by atoms with Crippen LogP contribution in [0.2, 0.25) is 18.1 Å². The summed E-state index contributed by atoms with van der Waals surface area (Å²) < 4.78 is 2.41. The average Bonchev–Trinajstić information content (AvgIpc) is 2.95. The molecule has 2 aromatic heterocycles. The van der Waals surface area contributed by atoms with Crippen molar-refractivity contribution >= 4 is 30.6 Å². The molecule has 27 heavy (non-hydrogen) atoms. The predicted molar refractivity (Wildman–Crippen MR) is 115 cm³/mol. The smallest absolute Gasteiger partial charge is 0.273 e. The molecule has 3 heterocycles. The van der Waals surface area contributed by atoms with E-state index in [9.17, 15) is 4.79 Å². The third kappa shape index (κ3) is 5.27. The molecule has 0 saturated heterocycles. The number of aliphatic hydroxyl groups is 1. The van der Waals surface area contributed by atoms with E-state index in [4.69, 9.17) is 5.11 Å². The van der Waals surface area contributed by atoms with Gasteiger partial charge in [0.25, 0.3) is 5.91 Å². The molecule has 6 nitrogen and oxygen atoms in total. The van der Waals surface area contributed by atoms with Gasteiger partial charge in [-0.05, 0) is 33.1 Å². The van der Waals surface area contributed by atoms with Crippen LogP contribution in [0.25, 0.3) is 11.3 Å². The maximum absolute atomic E-state index is 12.4. The minimum Gasteiger partial charge on any atom is -0.395 e. The Hall–Kier alpha value is -1.51. The summed E-state index contributed by atoms with van der Waals surface area (Å²) in [7, 11) is -0.359. The lowest BCUT2D eigenvalue weighted by Crippen LogP contribution is -2.42. The molecule has 2 aromatic rings. The van der Waals surface area contributed by atoms with E-state index < -0.39 is 0 Å². The number of pyridine rings is 1. The van der Waals surface area contributed by atoms with Crippen LogP contribution < -0.4 is 0 Å². The summed E-state index contributed by atoms with van der Waals surface area (Å²) in [5.41, 5.74) is 2.19. The van der Waals surface area contributed by atoms with Gasteiger partial charge in [0.05, 0.1) is 17.6 Å². The number of fused-ring (bicyclic) bond motifs is 1. The molecule has 1 aliphatic heterocycles. The van der Waals surface area contributed by atoms with E-state index >= 15 is 0 Å². The molecule has 0 bridgehead atoms. The summed E-state index contributed by atoms with van der Waals surface area (Å²) in [6.07, 6.45) is 3.39. The molecule has 0 unspecified atom stereocenters. The molecule has 0 spiro atoms. The third-order valence-electron chi connectivity index (χ3n) is 5.02. The van der Waals surface area contributed by atoms with Crippen molar-refractivity contribution in [3.05, 3.63) is 34.7 Å². The van der Waals surface area contributed by atoms with Crippen molar-refractivity contribution in [1.82, 2.24) is 19.7 Å². The molecular formula is C19H29BrN4O2Si. The second-order valence-corrected chi connectivity index (χ2v) is 12.8. The van der Waals surface area contributed by atoms with Crippen LogP contribution in [0.3, 0.4) is 0 Å². The Morgan fingerprint density at radius 2 is 1.81 bits per heavy atom. The lowest BCUT2D eigenvalue weighted by atomic mass is 10.2. The number of aliphatic hydroxyl groups excluding tert-OH is 1. The molecular weight excluding hydrogens is 424 g/mol. The molecule has 0 radical (unpaired) electrons. The normalized spacial score (nSPS) is 14.1. The van der Waals surface area contributed by atoms with E-state index in [1.54, 1.807) is 22.0 Å². The number of rotatable bonds is 3. The van der Waals surface area contributed by atoms with E-state index in [0.29, 0.717) is 34.8 Å². The SMILES string of the molecule is C[SiH](C)C(C)(C)C.O=C1c2c(Br)c(-c3ccncc3)nn2CCN1CCO. The van der Waals surface area contributed by atoms with E-state index in [1.165, 1.54) is 0 Å². The molecule has 0 aromatic carbocycles. The van der Waals surface area contributed by atoms with Crippen LogP contribution in [0.4, 0.5) is 0 Å². The van der Waals surface area contributed by atoms with Crippen LogP contribution in [-0.4, -0.2) is 59.2 Å². The molecule has 1 amide bonds. The number of nitrogens with zero attached hydrogens (tertiary/aromatic N) is 4. The number of β-amino-alcohol motifs (C(OH)–C–C–N with tert-alkyl or cyclic N) is 1. The summed E-state index contributed by atoms with van der Waals surface area (Å²) in [6.45, 7) is 13.3. The second-order valence-electron chi connectivity index (χ2n) is 8.01. The predicted octanol–water partition coefficient (Wildman–Crippen LogP) is 3.43. The summed E-state index contributed by atoms with van der Waals surface area (Å²) in [4.78, 5) is 18.0. The van der Waals surface area contributed by atoms with Crippen molar-refractivity contribution in [2.45, 2.75) is 45.4 Å². The van der Waals surface area contributed by atoms with E-state index in [1.807, 2.05) is 12.1 Å². The number of carbonyl (C=O) groups excluding carboxylic acids is 1. The summed E-state index contributed by atoms with van der Waals surface area (Å²) in [6, 6.07) is 3.71. The largest absolute Gasteiger partial charge is 0.395 e. The highest BCUT2D eigenvalue weighted by Crippen LogP contribution is 2.32. The fourth-order valence-electron chi connectivity index (χ4n) is 2.30. The average molecular weight is 453 g/mol. The standard InChI is InChI=1S/C13H13BrN4O2.C6H16Si/c14-10-11(9-1-3-15-4-2-9)16-18-6-5-17(7-8-19)13(20)12(10)18;1-6(2,3)7(4)5/h1-4,19H,5-8H2;7H,1-5H3. The van der Waals surface area contributed by atoms with Crippen LogP contribution >= 0.6 is 15.9 Å². The van der Waals surface area contributed by atoms with Gasteiger partial charge in [-0.25, -0.2) is 0 Å². The highest BCUT2D eigenvalue weighted by Gasteiger charge is 2.30. The van der Waals surface area contributed by atoms with Gasteiger partial charge < -0.3 is 10.0 Å². The number of amides is 1. The summed E-state index contributed by atoms with van der Waals surface area (Å²) in [5, 5.41) is 14.1. The van der Waals surface area contributed by atoms with Crippen LogP contribution in [0.1, 0.15) is 31.3 Å². The lowest BCUT2D eigenvalue weighted by Gasteiger charge is -2.26. The zero-order valence-electron chi connectivity index (χ0n) is 16.7. The van der Waals surface area contributed by atoms with Crippen molar-refractivity contribution < 1.29 is 9.90 Å². The quantitative estimate of drug-likeness (QED) is 0.723. The number of hydrogen-bond acceptors (Lipinski definition) is 4. The van der Waals surface area contributed by atoms with Gasteiger partial charge in [-0.15, -0.1) is 0 Å². The molecule has 1 N–H and O–H groups in total. The first-order valence-electron chi connectivity index (χ1n) is 9.23. The maximum atomic E-state index is 12.4. The molecule has 0 saturated carbocycles. The first-order chi connectivity index (χ1) is 12.7. The number of halogens is 1. The first kappa shape index (κ1) is 21.8. The van der Waals surface area contributed by atoms with Gasteiger partial charge in [-0.1, -0.05) is 33.9 Å². The summed E-state index contributed by atoms with van der Waals surface area (Å²) >= 11 is 3.48. The van der Waals surface area contributed by atoms with Crippen molar-refractivity contribution in [2.24, 2.45) is 0 Å². The Kier molecular flexibility index (Phi) is 7.36. The minimum atomic E-state index is -0.359. The Morgan fingerprint density at radius 1 is 1.22 bits per heavy atom. The highest BCUT2D eigenvalue weighted by atomic mass is 79.9. The van der Waals surface area contributed by atoms with Gasteiger partial charge in [-0.3, -0.25) is 14.5 Å². The minimum absolute atomic E-state index is 0.0330. The monoisotopic (exact) mass is 452 g/mol. The Labute approximate surface area is 171 Å². The van der Waals surface area contributed by atoms with Crippen molar-refractivity contribution in [2.75, 3.05) is 19.7 Å². The zero-order chi connectivity index (χ0) is 20.2. The third-order valence-corrected chi connectivity index (χ3v) is 9.24. The molecule has 3 rings (SSSR count). The molecule has 148 valence electrons. The molecule has 1 aliphatic rings. The maximum Gasteiger partial charge on any atom is 0.273 e. The van der Waals surface area contributed by atoms with Gasteiger partial charge >= 0.3 is 0 Å². The van der Waals surface area contributed by atoms with Crippen molar-refractivity contribution in [3.63, 3.8) is 0 Å². The molecule has 0 aliphatic carbocycles. The number of aromatic nitrogens is 3. The molecule has 0 atom stereocenters. The summed E-state index contributed by atoms with van der Waals surface area (Å²) in [5.74, 6) is -0.106. The Bertz CT molecular complexity index is 772. The van der Waals surface area contributed by atoms with Gasteiger partial charge in [0.2, 0.25) is 0 Å². The Balaban J connectivity index is 0.000000321. The van der Waals surface area contributed by atoms with Gasteiger partial charge in [-0.2, -0.15) is 5.10 Å². The van der Waals surface area contributed by atoms with Crippen molar-refractivity contribution in [3.8, 4) is 11.3 Å². The first-order valence-corrected chi connectivity index (χ1v) is 12.9. The molecule has 0 fully saturated rings. The highest BCUT2D eigenvalue weighted by molar-refractivity contribution is 9.10. The van der Waals surface area contributed by atoms with Crippen LogP contribution in [0.5, 0.6) is 0 Å². The van der Waals surface area contributed by atoms with Crippen LogP contribution in [0, 0.1) is 0 Å². The number of carbonyl (C=O) groups is 1.